The standard InChI is InChI=1S/C15H10ClN/c16-15-8-6-13(7-9-15)14(11-17)10-12-4-2-1-3-5-12/h1-10H. The van der Waals surface area contributed by atoms with Crippen LogP contribution in [0.15, 0.2) is 54.6 Å². The minimum Gasteiger partial charge on any atom is -0.192 e. The van der Waals surface area contributed by atoms with Crippen molar-refractivity contribution in [2.75, 3.05) is 0 Å². The molecule has 0 spiro atoms. The average Bonchev–Trinajstić information content (AvgIpc) is 2.38. The van der Waals surface area contributed by atoms with Crippen molar-refractivity contribution in [3.8, 4) is 6.07 Å². The first-order chi connectivity index (χ1) is 8.29. The predicted octanol–water partition coefficient (Wildman–Crippen LogP) is 4.40. The van der Waals surface area contributed by atoms with Crippen molar-refractivity contribution in [3.05, 3.63) is 70.7 Å². The van der Waals surface area contributed by atoms with Gasteiger partial charge in [-0.3, -0.25) is 0 Å². The molecule has 0 amide bonds. The van der Waals surface area contributed by atoms with Gasteiger partial charge in [-0.2, -0.15) is 5.26 Å². The van der Waals surface area contributed by atoms with Crippen LogP contribution in [-0.2, 0) is 0 Å². The van der Waals surface area contributed by atoms with Crippen molar-refractivity contribution in [1.82, 2.24) is 0 Å². The first kappa shape index (κ1) is 11.4. The highest BCUT2D eigenvalue weighted by Gasteiger charge is 2.00. The summed E-state index contributed by atoms with van der Waals surface area (Å²) in [7, 11) is 0. The molecule has 0 aromatic heterocycles. The SMILES string of the molecule is N#CC(=Cc1ccccc1)c1ccc(Cl)cc1. The van der Waals surface area contributed by atoms with Crippen LogP contribution >= 0.6 is 11.6 Å². The van der Waals surface area contributed by atoms with E-state index in [0.717, 1.165) is 11.1 Å². The highest BCUT2D eigenvalue weighted by Crippen LogP contribution is 2.19. The molecule has 2 aromatic carbocycles. The van der Waals surface area contributed by atoms with Gasteiger partial charge >= 0.3 is 0 Å². The van der Waals surface area contributed by atoms with E-state index < -0.39 is 0 Å². The molecule has 82 valence electrons. The molecule has 2 rings (SSSR count). The van der Waals surface area contributed by atoms with Crippen LogP contribution in [-0.4, -0.2) is 0 Å². The molecule has 0 radical (unpaired) electrons. The van der Waals surface area contributed by atoms with Crippen LogP contribution in [0, 0.1) is 11.3 Å². The Morgan fingerprint density at radius 2 is 1.65 bits per heavy atom. The zero-order chi connectivity index (χ0) is 12.1. The molecule has 0 aliphatic rings. The van der Waals surface area contributed by atoms with Gasteiger partial charge in [0.2, 0.25) is 0 Å². The van der Waals surface area contributed by atoms with Crippen molar-refractivity contribution < 1.29 is 0 Å². The third-order valence-corrected chi connectivity index (χ3v) is 2.64. The molecule has 2 aromatic rings. The van der Waals surface area contributed by atoms with Crippen LogP contribution in [0.1, 0.15) is 11.1 Å². The number of nitrogens with zero attached hydrogens (tertiary/aromatic N) is 1. The molecule has 0 heterocycles. The van der Waals surface area contributed by atoms with Crippen LogP contribution in [0.2, 0.25) is 5.02 Å². The Hall–Kier alpha value is -2.04. The Balaban J connectivity index is 2.38. The minimum absolute atomic E-state index is 0.632. The maximum Gasteiger partial charge on any atom is 0.0998 e. The molecular formula is C15H10ClN. The van der Waals surface area contributed by atoms with Gasteiger partial charge in [-0.1, -0.05) is 54.1 Å². The smallest absolute Gasteiger partial charge is 0.0998 e. The largest absolute Gasteiger partial charge is 0.192 e. The number of hydrogen-bond acceptors (Lipinski definition) is 1. The van der Waals surface area contributed by atoms with Gasteiger partial charge in [-0.25, -0.2) is 0 Å². The number of benzene rings is 2. The molecule has 2 heteroatoms. The summed E-state index contributed by atoms with van der Waals surface area (Å²) >= 11 is 5.82. The third-order valence-electron chi connectivity index (χ3n) is 2.39. The van der Waals surface area contributed by atoms with E-state index >= 15 is 0 Å². The molecule has 0 saturated carbocycles. The lowest BCUT2D eigenvalue weighted by Gasteiger charge is -1.99. The van der Waals surface area contributed by atoms with Gasteiger partial charge in [-0.05, 0) is 29.3 Å². The van der Waals surface area contributed by atoms with Gasteiger partial charge in [0.1, 0.15) is 0 Å². The number of halogens is 1. The lowest BCUT2D eigenvalue weighted by atomic mass is 10.0. The van der Waals surface area contributed by atoms with Crippen molar-refractivity contribution >= 4 is 23.3 Å². The molecular weight excluding hydrogens is 230 g/mol. The molecule has 0 unspecified atom stereocenters. The van der Waals surface area contributed by atoms with Gasteiger partial charge < -0.3 is 0 Å². The fraction of sp³-hybridized carbons (Fsp3) is 0. The fourth-order valence-corrected chi connectivity index (χ4v) is 1.65. The Labute approximate surface area is 106 Å². The summed E-state index contributed by atoms with van der Waals surface area (Å²) in [6.07, 6.45) is 1.86. The maximum atomic E-state index is 9.16. The highest BCUT2D eigenvalue weighted by atomic mass is 35.5. The number of hydrogen-bond donors (Lipinski definition) is 0. The molecule has 0 aliphatic carbocycles. The van der Waals surface area contributed by atoms with Gasteiger partial charge in [0.15, 0.2) is 0 Å². The molecule has 0 fully saturated rings. The van der Waals surface area contributed by atoms with Crippen LogP contribution in [0.5, 0.6) is 0 Å². The second-order valence-electron chi connectivity index (χ2n) is 3.59. The van der Waals surface area contributed by atoms with Gasteiger partial charge in [-0.15, -0.1) is 0 Å². The topological polar surface area (TPSA) is 23.8 Å². The van der Waals surface area contributed by atoms with Crippen molar-refractivity contribution in [1.29, 1.82) is 5.26 Å². The Morgan fingerprint density at radius 3 is 2.24 bits per heavy atom. The van der Waals surface area contributed by atoms with Crippen molar-refractivity contribution in [2.45, 2.75) is 0 Å². The van der Waals surface area contributed by atoms with Crippen molar-refractivity contribution in [3.63, 3.8) is 0 Å². The quantitative estimate of drug-likeness (QED) is 0.563. The van der Waals surface area contributed by atoms with E-state index in [1.165, 1.54) is 0 Å². The highest BCUT2D eigenvalue weighted by molar-refractivity contribution is 6.30. The summed E-state index contributed by atoms with van der Waals surface area (Å²) < 4.78 is 0. The first-order valence-electron chi connectivity index (χ1n) is 5.22. The summed E-state index contributed by atoms with van der Waals surface area (Å²) in [5.74, 6) is 0. The van der Waals surface area contributed by atoms with E-state index in [2.05, 4.69) is 6.07 Å². The molecule has 17 heavy (non-hydrogen) atoms. The summed E-state index contributed by atoms with van der Waals surface area (Å²) in [6.45, 7) is 0. The maximum absolute atomic E-state index is 9.16. The minimum atomic E-state index is 0.632. The zero-order valence-electron chi connectivity index (χ0n) is 9.10. The van der Waals surface area contributed by atoms with Crippen LogP contribution in [0.25, 0.3) is 11.6 Å². The summed E-state index contributed by atoms with van der Waals surface area (Å²) in [5, 5.41) is 9.83. The number of allylic oxidation sites excluding steroid dienone is 1. The van der Waals surface area contributed by atoms with Gasteiger partial charge in [0.05, 0.1) is 11.6 Å². The second-order valence-corrected chi connectivity index (χ2v) is 4.02. The van der Waals surface area contributed by atoms with Gasteiger partial charge in [0, 0.05) is 5.02 Å². The number of rotatable bonds is 2. The monoisotopic (exact) mass is 239 g/mol. The number of nitriles is 1. The summed E-state index contributed by atoms with van der Waals surface area (Å²) in [5.41, 5.74) is 2.52. The van der Waals surface area contributed by atoms with Crippen LogP contribution in [0.4, 0.5) is 0 Å². The summed E-state index contributed by atoms with van der Waals surface area (Å²) in [6, 6.07) is 19.2. The Morgan fingerprint density at radius 1 is 1.00 bits per heavy atom. The summed E-state index contributed by atoms with van der Waals surface area (Å²) in [4.78, 5) is 0. The molecule has 0 bridgehead atoms. The normalized spacial score (nSPS) is 10.9. The van der Waals surface area contributed by atoms with Crippen LogP contribution < -0.4 is 0 Å². The molecule has 0 N–H and O–H groups in total. The average molecular weight is 240 g/mol. The van der Waals surface area contributed by atoms with Gasteiger partial charge in [0.25, 0.3) is 0 Å². The van der Waals surface area contributed by atoms with E-state index in [4.69, 9.17) is 16.9 Å². The Bertz CT molecular complexity index is 562. The molecule has 0 saturated heterocycles. The van der Waals surface area contributed by atoms with E-state index in [1.54, 1.807) is 12.1 Å². The Kier molecular flexibility index (Phi) is 3.59. The molecule has 0 aliphatic heterocycles. The third kappa shape index (κ3) is 2.96. The predicted molar refractivity (Wildman–Crippen MR) is 71.4 cm³/mol. The molecule has 1 nitrogen and oxygen atoms in total. The zero-order valence-corrected chi connectivity index (χ0v) is 9.85. The van der Waals surface area contributed by atoms with E-state index in [9.17, 15) is 0 Å². The second kappa shape index (κ2) is 5.34. The lowest BCUT2D eigenvalue weighted by Crippen LogP contribution is -1.81. The van der Waals surface area contributed by atoms with E-state index in [0.29, 0.717) is 10.6 Å². The van der Waals surface area contributed by atoms with Crippen LogP contribution in [0.3, 0.4) is 0 Å². The lowest BCUT2D eigenvalue weighted by molar-refractivity contribution is 1.52. The fourth-order valence-electron chi connectivity index (χ4n) is 1.53. The molecule has 0 atom stereocenters. The van der Waals surface area contributed by atoms with E-state index in [1.807, 2.05) is 48.5 Å². The van der Waals surface area contributed by atoms with E-state index in [-0.39, 0.29) is 0 Å². The first-order valence-corrected chi connectivity index (χ1v) is 5.60. The van der Waals surface area contributed by atoms with Crippen molar-refractivity contribution in [2.24, 2.45) is 0 Å².